The van der Waals surface area contributed by atoms with E-state index in [4.69, 9.17) is 17.3 Å². The van der Waals surface area contributed by atoms with Gasteiger partial charge in [0, 0.05) is 31.0 Å². The van der Waals surface area contributed by atoms with Crippen LogP contribution in [-0.2, 0) is 7.05 Å². The Kier molecular flexibility index (Phi) is 3.22. The minimum Gasteiger partial charge on any atom is -0.326 e. The monoisotopic (exact) mass is 253 g/mol. The van der Waals surface area contributed by atoms with Crippen LogP contribution in [0.15, 0.2) is 18.6 Å². The van der Waals surface area contributed by atoms with E-state index in [2.05, 4.69) is 10.2 Å². The van der Waals surface area contributed by atoms with Gasteiger partial charge in [-0.25, -0.2) is 0 Å². The van der Waals surface area contributed by atoms with Gasteiger partial charge in [-0.3, -0.25) is 9.36 Å². The van der Waals surface area contributed by atoms with Gasteiger partial charge in [0.2, 0.25) is 0 Å². The standard InChI is InChI=1S/C11H16ClN5/c1-7(13)11(9-4-14-16(3)5-9)17-6-10(12)8(2)15-17/h4-7,11H,13H2,1-3H3. The summed E-state index contributed by atoms with van der Waals surface area (Å²) in [5.41, 5.74) is 7.86. The summed E-state index contributed by atoms with van der Waals surface area (Å²) in [4.78, 5) is 0. The first kappa shape index (κ1) is 12.1. The molecule has 0 aliphatic heterocycles. The molecule has 5 nitrogen and oxygen atoms in total. The molecule has 0 saturated carbocycles. The van der Waals surface area contributed by atoms with Crippen LogP contribution in [0.1, 0.15) is 24.2 Å². The van der Waals surface area contributed by atoms with Crippen LogP contribution in [0.4, 0.5) is 0 Å². The summed E-state index contributed by atoms with van der Waals surface area (Å²) in [6.45, 7) is 3.82. The lowest BCUT2D eigenvalue weighted by atomic mass is 10.1. The zero-order valence-corrected chi connectivity index (χ0v) is 10.9. The van der Waals surface area contributed by atoms with Gasteiger partial charge in [-0.05, 0) is 13.8 Å². The van der Waals surface area contributed by atoms with Crippen molar-refractivity contribution in [3.8, 4) is 0 Å². The van der Waals surface area contributed by atoms with Crippen molar-refractivity contribution in [1.29, 1.82) is 0 Å². The van der Waals surface area contributed by atoms with Crippen molar-refractivity contribution in [2.45, 2.75) is 25.9 Å². The van der Waals surface area contributed by atoms with Crippen molar-refractivity contribution in [3.05, 3.63) is 34.9 Å². The fourth-order valence-corrected chi connectivity index (χ4v) is 2.03. The van der Waals surface area contributed by atoms with Crippen molar-refractivity contribution >= 4 is 11.6 Å². The fourth-order valence-electron chi connectivity index (χ4n) is 1.89. The molecule has 0 bridgehead atoms. The summed E-state index contributed by atoms with van der Waals surface area (Å²) in [6.07, 6.45) is 5.55. The highest BCUT2D eigenvalue weighted by Crippen LogP contribution is 2.23. The van der Waals surface area contributed by atoms with Gasteiger partial charge in [-0.15, -0.1) is 0 Å². The van der Waals surface area contributed by atoms with Crippen LogP contribution in [0.3, 0.4) is 0 Å². The molecular weight excluding hydrogens is 238 g/mol. The molecule has 2 aromatic heterocycles. The third-order valence-corrected chi connectivity index (χ3v) is 3.08. The first-order chi connectivity index (χ1) is 7.99. The van der Waals surface area contributed by atoms with Gasteiger partial charge < -0.3 is 5.73 Å². The van der Waals surface area contributed by atoms with E-state index in [-0.39, 0.29) is 12.1 Å². The predicted molar refractivity (Wildman–Crippen MR) is 67.0 cm³/mol. The number of hydrogen-bond acceptors (Lipinski definition) is 3. The first-order valence-corrected chi connectivity index (χ1v) is 5.82. The number of aryl methyl sites for hydroxylation is 2. The SMILES string of the molecule is Cc1nn(C(c2cnn(C)c2)C(C)N)cc1Cl. The van der Waals surface area contributed by atoms with Gasteiger partial charge in [-0.1, -0.05) is 11.6 Å². The molecular formula is C11H16ClN5. The van der Waals surface area contributed by atoms with Crippen LogP contribution >= 0.6 is 11.6 Å². The number of halogens is 1. The first-order valence-electron chi connectivity index (χ1n) is 5.44. The lowest BCUT2D eigenvalue weighted by molar-refractivity contribution is 0.452. The summed E-state index contributed by atoms with van der Waals surface area (Å²) >= 11 is 6.03. The van der Waals surface area contributed by atoms with Crippen molar-refractivity contribution in [2.24, 2.45) is 12.8 Å². The highest BCUT2D eigenvalue weighted by molar-refractivity contribution is 6.31. The summed E-state index contributed by atoms with van der Waals surface area (Å²) in [5.74, 6) is 0. The predicted octanol–water partition coefficient (Wildman–Crippen LogP) is 1.52. The minimum atomic E-state index is -0.0745. The normalized spacial score (nSPS) is 14.9. The van der Waals surface area contributed by atoms with Gasteiger partial charge in [0.05, 0.1) is 23.0 Å². The Morgan fingerprint density at radius 3 is 2.53 bits per heavy atom. The van der Waals surface area contributed by atoms with Gasteiger partial charge in [-0.2, -0.15) is 10.2 Å². The van der Waals surface area contributed by atoms with Gasteiger partial charge >= 0.3 is 0 Å². The second-order valence-corrected chi connectivity index (χ2v) is 4.70. The summed E-state index contributed by atoms with van der Waals surface area (Å²) in [6, 6.07) is -0.121. The van der Waals surface area contributed by atoms with E-state index in [0.29, 0.717) is 5.02 Å². The lowest BCUT2D eigenvalue weighted by Crippen LogP contribution is -2.30. The Hall–Kier alpha value is -1.33. The van der Waals surface area contributed by atoms with Crippen molar-refractivity contribution in [3.63, 3.8) is 0 Å². The number of rotatable bonds is 3. The Labute approximate surface area is 105 Å². The van der Waals surface area contributed by atoms with E-state index in [9.17, 15) is 0 Å². The van der Waals surface area contributed by atoms with Gasteiger partial charge in [0.15, 0.2) is 0 Å². The molecule has 2 N–H and O–H groups in total. The number of aromatic nitrogens is 4. The van der Waals surface area contributed by atoms with E-state index in [1.165, 1.54) is 0 Å². The molecule has 2 atom stereocenters. The molecule has 2 rings (SSSR count). The maximum atomic E-state index is 6.03. The Bertz CT molecular complexity index is 494. The number of nitrogens with two attached hydrogens (primary N) is 1. The lowest BCUT2D eigenvalue weighted by Gasteiger charge is -2.19. The van der Waals surface area contributed by atoms with E-state index < -0.39 is 0 Å². The third kappa shape index (κ3) is 2.35. The Morgan fingerprint density at radius 2 is 2.12 bits per heavy atom. The molecule has 2 aromatic rings. The molecule has 0 aromatic carbocycles. The molecule has 0 aliphatic carbocycles. The summed E-state index contributed by atoms with van der Waals surface area (Å²) in [7, 11) is 1.88. The largest absolute Gasteiger partial charge is 0.326 e. The quantitative estimate of drug-likeness (QED) is 0.902. The molecule has 0 fully saturated rings. The Morgan fingerprint density at radius 1 is 1.41 bits per heavy atom. The maximum absolute atomic E-state index is 6.03. The summed E-state index contributed by atoms with van der Waals surface area (Å²) in [5, 5.41) is 9.20. The van der Waals surface area contributed by atoms with Crippen LogP contribution in [0.5, 0.6) is 0 Å². The third-order valence-electron chi connectivity index (χ3n) is 2.71. The molecule has 17 heavy (non-hydrogen) atoms. The van der Waals surface area contributed by atoms with Crippen molar-refractivity contribution in [1.82, 2.24) is 19.6 Å². The van der Waals surface area contributed by atoms with Gasteiger partial charge in [0.25, 0.3) is 0 Å². The topological polar surface area (TPSA) is 61.7 Å². The van der Waals surface area contributed by atoms with Crippen LogP contribution in [0.2, 0.25) is 5.02 Å². The molecule has 0 saturated heterocycles. The molecule has 2 heterocycles. The average molecular weight is 254 g/mol. The zero-order valence-electron chi connectivity index (χ0n) is 10.1. The maximum Gasteiger partial charge on any atom is 0.0947 e. The minimum absolute atomic E-state index is 0.0464. The van der Waals surface area contributed by atoms with Crippen molar-refractivity contribution < 1.29 is 0 Å². The smallest absolute Gasteiger partial charge is 0.0947 e. The molecule has 92 valence electrons. The van der Waals surface area contributed by atoms with Crippen LogP contribution in [0, 0.1) is 6.92 Å². The van der Waals surface area contributed by atoms with Crippen molar-refractivity contribution in [2.75, 3.05) is 0 Å². The second-order valence-electron chi connectivity index (χ2n) is 4.29. The van der Waals surface area contributed by atoms with E-state index in [1.54, 1.807) is 21.8 Å². The van der Waals surface area contributed by atoms with Crippen LogP contribution in [-0.4, -0.2) is 25.6 Å². The second kappa shape index (κ2) is 4.50. The van der Waals surface area contributed by atoms with Crippen LogP contribution < -0.4 is 5.73 Å². The average Bonchev–Trinajstić information content (AvgIpc) is 2.76. The molecule has 0 amide bonds. The molecule has 2 unspecified atom stereocenters. The fraction of sp³-hybridized carbons (Fsp3) is 0.455. The Balaban J connectivity index is 2.42. The number of nitrogens with zero attached hydrogens (tertiary/aromatic N) is 4. The van der Waals surface area contributed by atoms with E-state index >= 15 is 0 Å². The number of hydrogen-bond donors (Lipinski definition) is 1. The zero-order chi connectivity index (χ0) is 12.6. The van der Waals surface area contributed by atoms with E-state index in [0.717, 1.165) is 11.3 Å². The highest BCUT2D eigenvalue weighted by atomic mass is 35.5. The molecule has 6 heteroatoms. The van der Waals surface area contributed by atoms with E-state index in [1.807, 2.05) is 27.1 Å². The van der Waals surface area contributed by atoms with Gasteiger partial charge in [0.1, 0.15) is 0 Å². The molecule has 0 spiro atoms. The molecule has 0 radical (unpaired) electrons. The van der Waals surface area contributed by atoms with Crippen LogP contribution in [0.25, 0.3) is 0 Å². The highest BCUT2D eigenvalue weighted by Gasteiger charge is 2.21. The molecule has 0 aliphatic rings. The summed E-state index contributed by atoms with van der Waals surface area (Å²) < 4.78 is 3.56.